The molecule has 25 heavy (non-hydrogen) atoms. The Morgan fingerprint density at radius 2 is 1.56 bits per heavy atom. The number of carbonyl (C=O) groups excluding carboxylic acids is 1. The first kappa shape index (κ1) is 17.5. The van der Waals surface area contributed by atoms with Crippen LogP contribution in [0.25, 0.3) is 11.1 Å². The molecule has 4 nitrogen and oxygen atoms in total. The molecule has 1 heterocycles. The number of nitrogens with two attached hydrogens (primary N) is 1. The van der Waals surface area contributed by atoms with Crippen molar-refractivity contribution in [3.05, 3.63) is 54.1 Å². The number of benzene rings is 2. The van der Waals surface area contributed by atoms with E-state index in [4.69, 9.17) is 10.5 Å². The summed E-state index contributed by atoms with van der Waals surface area (Å²) in [7, 11) is 0. The maximum atomic E-state index is 10.8. The van der Waals surface area contributed by atoms with Gasteiger partial charge in [-0.1, -0.05) is 42.8 Å². The van der Waals surface area contributed by atoms with Gasteiger partial charge in [0.25, 0.3) is 5.91 Å². The number of nitrogens with zero attached hydrogens (tertiary/aromatic N) is 1. The van der Waals surface area contributed by atoms with Gasteiger partial charge in [-0.3, -0.25) is 9.69 Å². The van der Waals surface area contributed by atoms with E-state index >= 15 is 0 Å². The summed E-state index contributed by atoms with van der Waals surface area (Å²) in [5, 5.41) is 0. The molecule has 1 amide bonds. The lowest BCUT2D eigenvalue weighted by Crippen LogP contribution is -2.32. The van der Waals surface area contributed by atoms with Crippen LogP contribution in [0.1, 0.15) is 37.8 Å². The molecule has 1 aliphatic rings. The van der Waals surface area contributed by atoms with E-state index in [1.165, 1.54) is 43.5 Å². The maximum absolute atomic E-state index is 10.8. The molecule has 1 aliphatic heterocycles. The van der Waals surface area contributed by atoms with Crippen molar-refractivity contribution in [2.75, 3.05) is 19.7 Å². The molecule has 132 valence electrons. The van der Waals surface area contributed by atoms with Gasteiger partial charge in [-0.25, -0.2) is 0 Å². The Kier molecular flexibility index (Phi) is 5.71. The number of ether oxygens (including phenoxy) is 1. The summed E-state index contributed by atoms with van der Waals surface area (Å²) < 4.78 is 5.30. The molecule has 3 rings (SSSR count). The number of primary amides is 1. The zero-order valence-corrected chi connectivity index (χ0v) is 14.8. The number of piperidine rings is 1. The van der Waals surface area contributed by atoms with Crippen LogP contribution >= 0.6 is 0 Å². The minimum Gasteiger partial charge on any atom is -0.484 e. The third-order valence-electron chi connectivity index (χ3n) is 4.90. The molecule has 0 aliphatic carbocycles. The van der Waals surface area contributed by atoms with Gasteiger partial charge in [0.1, 0.15) is 5.75 Å². The summed E-state index contributed by atoms with van der Waals surface area (Å²) in [6.45, 7) is 4.61. The van der Waals surface area contributed by atoms with Crippen molar-refractivity contribution in [2.24, 2.45) is 5.73 Å². The Hall–Kier alpha value is -2.33. The van der Waals surface area contributed by atoms with Crippen molar-refractivity contribution in [3.8, 4) is 16.9 Å². The van der Waals surface area contributed by atoms with Crippen LogP contribution in [-0.4, -0.2) is 30.5 Å². The Morgan fingerprint density at radius 3 is 2.12 bits per heavy atom. The Morgan fingerprint density at radius 1 is 1.00 bits per heavy atom. The SMILES string of the molecule is C[C@@H](c1ccc(-c2ccc(OCC(N)=O)cc2)cc1)N1CCCCC1. The zero-order chi connectivity index (χ0) is 17.6. The van der Waals surface area contributed by atoms with E-state index in [0.29, 0.717) is 11.8 Å². The maximum Gasteiger partial charge on any atom is 0.255 e. The van der Waals surface area contributed by atoms with Crippen LogP contribution in [0.4, 0.5) is 0 Å². The molecular formula is C21H26N2O2. The van der Waals surface area contributed by atoms with Gasteiger partial charge in [-0.15, -0.1) is 0 Å². The van der Waals surface area contributed by atoms with Crippen LogP contribution in [0.15, 0.2) is 48.5 Å². The highest BCUT2D eigenvalue weighted by Gasteiger charge is 2.17. The summed E-state index contributed by atoms with van der Waals surface area (Å²) in [6, 6.07) is 17.0. The van der Waals surface area contributed by atoms with Crippen molar-refractivity contribution in [2.45, 2.75) is 32.2 Å². The van der Waals surface area contributed by atoms with E-state index in [1.807, 2.05) is 24.3 Å². The third kappa shape index (κ3) is 4.60. The van der Waals surface area contributed by atoms with Gasteiger partial charge in [-0.05, 0) is 61.7 Å². The fraction of sp³-hybridized carbons (Fsp3) is 0.381. The zero-order valence-electron chi connectivity index (χ0n) is 14.8. The minimum atomic E-state index is -0.470. The van der Waals surface area contributed by atoms with Crippen LogP contribution < -0.4 is 10.5 Å². The predicted molar refractivity (Wildman–Crippen MR) is 100 cm³/mol. The van der Waals surface area contributed by atoms with Crippen LogP contribution in [0.5, 0.6) is 5.75 Å². The summed E-state index contributed by atoms with van der Waals surface area (Å²) in [4.78, 5) is 13.3. The Bertz CT molecular complexity index is 689. The largest absolute Gasteiger partial charge is 0.484 e. The van der Waals surface area contributed by atoms with Crippen LogP contribution in [-0.2, 0) is 4.79 Å². The number of carbonyl (C=O) groups is 1. The highest BCUT2D eigenvalue weighted by Crippen LogP contribution is 2.27. The van der Waals surface area contributed by atoms with Crippen molar-refractivity contribution in [3.63, 3.8) is 0 Å². The second-order valence-electron chi connectivity index (χ2n) is 6.67. The molecule has 2 aromatic rings. The molecule has 0 bridgehead atoms. The van der Waals surface area contributed by atoms with Crippen molar-refractivity contribution < 1.29 is 9.53 Å². The molecule has 0 radical (unpaired) electrons. The van der Waals surface area contributed by atoms with Gasteiger partial charge in [0.15, 0.2) is 6.61 Å². The molecule has 1 fully saturated rings. The smallest absolute Gasteiger partial charge is 0.255 e. The van der Waals surface area contributed by atoms with E-state index < -0.39 is 5.91 Å². The second-order valence-corrected chi connectivity index (χ2v) is 6.67. The van der Waals surface area contributed by atoms with Gasteiger partial charge >= 0.3 is 0 Å². The standard InChI is InChI=1S/C21H26N2O2/c1-16(23-13-3-2-4-14-23)17-5-7-18(8-6-17)19-9-11-20(12-10-19)25-15-21(22)24/h5-12,16H,2-4,13-15H2,1H3,(H2,22,24)/t16-/m0/s1. The molecule has 1 atom stereocenters. The number of likely N-dealkylation sites (tertiary alicyclic amines) is 1. The van der Waals surface area contributed by atoms with Crippen LogP contribution in [0, 0.1) is 0 Å². The van der Waals surface area contributed by atoms with Gasteiger partial charge in [0.2, 0.25) is 0 Å². The molecule has 0 saturated carbocycles. The number of hydrogen-bond donors (Lipinski definition) is 1. The van der Waals surface area contributed by atoms with Gasteiger partial charge in [-0.2, -0.15) is 0 Å². The quantitative estimate of drug-likeness (QED) is 0.872. The average molecular weight is 338 g/mol. The topological polar surface area (TPSA) is 55.6 Å². The lowest BCUT2D eigenvalue weighted by Gasteiger charge is -2.32. The number of amides is 1. The molecule has 0 spiro atoms. The third-order valence-corrected chi connectivity index (χ3v) is 4.90. The summed E-state index contributed by atoms with van der Waals surface area (Å²) in [5.74, 6) is 0.181. The fourth-order valence-corrected chi connectivity index (χ4v) is 3.37. The normalized spacial score (nSPS) is 16.4. The predicted octanol–water partition coefficient (Wildman–Crippen LogP) is 3.76. The number of rotatable bonds is 6. The van der Waals surface area contributed by atoms with Gasteiger partial charge in [0, 0.05) is 6.04 Å². The highest BCUT2D eigenvalue weighted by atomic mass is 16.5. The lowest BCUT2D eigenvalue weighted by atomic mass is 9.99. The van der Waals surface area contributed by atoms with Crippen molar-refractivity contribution in [1.82, 2.24) is 4.90 Å². The van der Waals surface area contributed by atoms with Gasteiger partial charge in [0.05, 0.1) is 0 Å². The molecule has 1 saturated heterocycles. The average Bonchev–Trinajstić information content (AvgIpc) is 2.67. The van der Waals surface area contributed by atoms with E-state index in [1.54, 1.807) is 0 Å². The Labute approximate surface area is 149 Å². The molecule has 4 heteroatoms. The number of hydrogen-bond acceptors (Lipinski definition) is 3. The van der Waals surface area contributed by atoms with E-state index in [-0.39, 0.29) is 6.61 Å². The Balaban J connectivity index is 1.66. The minimum absolute atomic E-state index is 0.0948. The first-order valence-electron chi connectivity index (χ1n) is 8.99. The second kappa shape index (κ2) is 8.17. The first-order valence-corrected chi connectivity index (χ1v) is 8.99. The molecule has 0 unspecified atom stereocenters. The van der Waals surface area contributed by atoms with Crippen LogP contribution in [0.2, 0.25) is 0 Å². The van der Waals surface area contributed by atoms with Gasteiger partial charge < -0.3 is 10.5 Å². The van der Waals surface area contributed by atoms with Crippen molar-refractivity contribution in [1.29, 1.82) is 0 Å². The highest BCUT2D eigenvalue weighted by molar-refractivity contribution is 5.75. The first-order chi connectivity index (χ1) is 12.1. The summed E-state index contributed by atoms with van der Waals surface area (Å²) in [6.07, 6.45) is 3.99. The van der Waals surface area contributed by atoms with Crippen molar-refractivity contribution >= 4 is 5.91 Å². The molecule has 2 N–H and O–H groups in total. The van der Waals surface area contributed by atoms with Crippen LogP contribution in [0.3, 0.4) is 0 Å². The fourth-order valence-electron chi connectivity index (χ4n) is 3.37. The van der Waals surface area contributed by atoms with E-state index in [9.17, 15) is 4.79 Å². The van der Waals surface area contributed by atoms with E-state index in [2.05, 4.69) is 36.1 Å². The molecule has 2 aromatic carbocycles. The lowest BCUT2D eigenvalue weighted by molar-refractivity contribution is -0.119. The van der Waals surface area contributed by atoms with E-state index in [0.717, 1.165) is 5.56 Å². The molecule has 0 aromatic heterocycles. The molecular weight excluding hydrogens is 312 g/mol. The summed E-state index contributed by atoms with van der Waals surface area (Å²) >= 11 is 0. The monoisotopic (exact) mass is 338 g/mol. The summed E-state index contributed by atoms with van der Waals surface area (Å²) in [5.41, 5.74) is 8.76.